The molecule has 4 aromatic rings. The minimum atomic E-state index is -0.274. The van der Waals surface area contributed by atoms with Crippen molar-refractivity contribution in [3.05, 3.63) is 107 Å². The van der Waals surface area contributed by atoms with Gasteiger partial charge in [-0.2, -0.15) is 5.26 Å². The van der Waals surface area contributed by atoms with Crippen molar-refractivity contribution < 1.29 is 23.7 Å². The van der Waals surface area contributed by atoms with Gasteiger partial charge in [0.2, 0.25) is 0 Å². The first-order valence-electron chi connectivity index (χ1n) is 13.5. The highest BCUT2D eigenvalue weighted by Crippen LogP contribution is 2.42. The normalized spacial score (nSPS) is 14.0. The van der Waals surface area contributed by atoms with Crippen LogP contribution in [0.15, 0.2) is 88.7 Å². The zero-order valence-electron chi connectivity index (χ0n) is 24.0. The predicted octanol–water partition coefficient (Wildman–Crippen LogP) is 6.73. The van der Waals surface area contributed by atoms with Crippen LogP contribution in [0.1, 0.15) is 38.7 Å². The van der Waals surface area contributed by atoms with Crippen molar-refractivity contribution in [1.82, 2.24) is 4.90 Å². The maximum absolute atomic E-state index is 14.4. The average Bonchev–Trinajstić information content (AvgIpc) is 3.04. The van der Waals surface area contributed by atoms with Crippen LogP contribution in [0, 0.1) is 11.3 Å². The monoisotopic (exact) mass is 580 g/mol. The maximum Gasteiger partial charge on any atom is 0.255 e. The fourth-order valence-electron chi connectivity index (χ4n) is 5.38. The van der Waals surface area contributed by atoms with Crippen molar-refractivity contribution >= 4 is 17.7 Å². The molecule has 8 heteroatoms. The number of fused-ring (bicyclic) bond motifs is 1. The van der Waals surface area contributed by atoms with E-state index in [0.717, 1.165) is 26.5 Å². The van der Waals surface area contributed by atoms with E-state index in [2.05, 4.69) is 6.07 Å². The Labute approximate surface area is 250 Å². The molecule has 0 N–H and O–H groups in total. The van der Waals surface area contributed by atoms with E-state index in [0.29, 0.717) is 53.5 Å². The van der Waals surface area contributed by atoms with Gasteiger partial charge in [0.05, 0.1) is 45.6 Å². The van der Waals surface area contributed by atoms with Gasteiger partial charge in [-0.15, -0.1) is 0 Å². The molecule has 1 aliphatic heterocycles. The molecule has 0 saturated carbocycles. The number of carbonyl (C=O) groups excluding carboxylic acids is 1. The van der Waals surface area contributed by atoms with Crippen LogP contribution in [0.25, 0.3) is 0 Å². The molecule has 0 unspecified atom stereocenters. The Kier molecular flexibility index (Phi) is 8.89. The van der Waals surface area contributed by atoms with Crippen molar-refractivity contribution in [2.24, 2.45) is 0 Å². The van der Waals surface area contributed by atoms with Crippen LogP contribution in [-0.2, 0) is 12.8 Å². The molecule has 0 bridgehead atoms. The molecule has 1 aliphatic rings. The Morgan fingerprint density at radius 1 is 0.833 bits per heavy atom. The van der Waals surface area contributed by atoms with Crippen LogP contribution in [0.2, 0.25) is 0 Å². The first-order valence-corrected chi connectivity index (χ1v) is 14.4. The van der Waals surface area contributed by atoms with Crippen molar-refractivity contribution in [2.45, 2.75) is 28.7 Å². The van der Waals surface area contributed by atoms with Gasteiger partial charge in [-0.25, -0.2) is 0 Å². The predicted molar refractivity (Wildman–Crippen MR) is 162 cm³/mol. The van der Waals surface area contributed by atoms with E-state index >= 15 is 0 Å². The minimum Gasteiger partial charge on any atom is -0.493 e. The average molecular weight is 581 g/mol. The molecule has 1 heterocycles. The summed E-state index contributed by atoms with van der Waals surface area (Å²) in [5.41, 5.74) is 4.30. The number of carbonyl (C=O) groups is 1. The number of benzene rings is 4. The highest BCUT2D eigenvalue weighted by atomic mass is 32.2. The van der Waals surface area contributed by atoms with Gasteiger partial charge in [0.1, 0.15) is 6.07 Å². The number of rotatable bonds is 9. The second-order valence-electron chi connectivity index (χ2n) is 9.77. The Bertz CT molecular complexity index is 1650. The van der Waals surface area contributed by atoms with Crippen LogP contribution >= 0.6 is 11.8 Å². The smallest absolute Gasteiger partial charge is 0.255 e. The van der Waals surface area contributed by atoms with Gasteiger partial charge in [-0.05, 0) is 78.1 Å². The number of nitriles is 1. The number of methoxy groups -OCH3 is 4. The molecule has 7 nitrogen and oxygen atoms in total. The van der Waals surface area contributed by atoms with Crippen LogP contribution in [0.4, 0.5) is 0 Å². The van der Waals surface area contributed by atoms with E-state index in [4.69, 9.17) is 18.9 Å². The topological polar surface area (TPSA) is 81.0 Å². The van der Waals surface area contributed by atoms with E-state index in [1.807, 2.05) is 77.7 Å². The standard InChI is InChI=1S/C34H32N2O5S/c1-38-28-14-13-22(18-29(28)39-2)17-27-26-20-31(41-4)30(40-3)19-23(26)15-16-36(27)34(37)25-10-6-8-12-33(25)42-32-11-7-5-9-24(32)21-35/h5-14,18-20,27H,15-17H2,1-4H3/t27-/m0/s1. The van der Waals surface area contributed by atoms with Gasteiger partial charge in [0, 0.05) is 16.3 Å². The molecule has 0 saturated heterocycles. The Morgan fingerprint density at radius 2 is 1.48 bits per heavy atom. The van der Waals surface area contributed by atoms with Crippen molar-refractivity contribution in [3.8, 4) is 29.1 Å². The van der Waals surface area contributed by atoms with Crippen molar-refractivity contribution in [3.63, 3.8) is 0 Å². The second-order valence-corrected chi connectivity index (χ2v) is 10.9. The first kappa shape index (κ1) is 28.9. The summed E-state index contributed by atoms with van der Waals surface area (Å²) in [5.74, 6) is 2.49. The molecule has 0 fully saturated rings. The summed E-state index contributed by atoms with van der Waals surface area (Å²) in [7, 11) is 6.47. The van der Waals surface area contributed by atoms with Crippen LogP contribution in [0.3, 0.4) is 0 Å². The fraction of sp³-hybridized carbons (Fsp3) is 0.235. The lowest BCUT2D eigenvalue weighted by molar-refractivity contribution is 0.0656. The molecule has 5 rings (SSSR count). The van der Waals surface area contributed by atoms with Gasteiger partial charge in [0.15, 0.2) is 23.0 Å². The number of hydrogen-bond donors (Lipinski definition) is 0. The molecular formula is C34H32N2O5S. The molecule has 42 heavy (non-hydrogen) atoms. The molecular weight excluding hydrogens is 548 g/mol. The summed E-state index contributed by atoms with van der Waals surface area (Å²) in [6, 6.07) is 26.8. The third-order valence-electron chi connectivity index (χ3n) is 7.49. The SMILES string of the molecule is COc1ccc(C[C@H]2c3cc(OC)c(OC)cc3CCN2C(=O)c2ccccc2Sc2ccccc2C#N)cc1OC. The quantitative estimate of drug-likeness (QED) is 0.217. The fourth-order valence-corrected chi connectivity index (χ4v) is 6.39. The van der Waals surface area contributed by atoms with E-state index < -0.39 is 0 Å². The number of amides is 1. The van der Waals surface area contributed by atoms with Gasteiger partial charge < -0.3 is 23.8 Å². The number of nitrogens with zero attached hydrogens (tertiary/aromatic N) is 2. The number of hydrogen-bond acceptors (Lipinski definition) is 7. The van der Waals surface area contributed by atoms with Crippen LogP contribution in [-0.4, -0.2) is 45.8 Å². The Morgan fingerprint density at radius 3 is 2.19 bits per heavy atom. The van der Waals surface area contributed by atoms with Gasteiger partial charge in [0.25, 0.3) is 5.91 Å². The first-order chi connectivity index (χ1) is 20.5. The zero-order valence-corrected chi connectivity index (χ0v) is 24.9. The Hall–Kier alpha value is -4.61. The lowest BCUT2D eigenvalue weighted by atomic mass is 9.87. The van der Waals surface area contributed by atoms with E-state index in [1.165, 1.54) is 11.8 Å². The van der Waals surface area contributed by atoms with Gasteiger partial charge >= 0.3 is 0 Å². The second kappa shape index (κ2) is 12.9. The molecule has 0 aliphatic carbocycles. The van der Waals surface area contributed by atoms with E-state index in [-0.39, 0.29) is 11.9 Å². The molecule has 4 aromatic carbocycles. The maximum atomic E-state index is 14.4. The summed E-state index contributed by atoms with van der Waals surface area (Å²) < 4.78 is 22.3. The largest absolute Gasteiger partial charge is 0.493 e. The molecule has 0 aromatic heterocycles. The molecule has 0 radical (unpaired) electrons. The van der Waals surface area contributed by atoms with E-state index in [1.54, 1.807) is 34.5 Å². The summed E-state index contributed by atoms with van der Waals surface area (Å²) in [6.07, 6.45) is 1.23. The van der Waals surface area contributed by atoms with Gasteiger partial charge in [-0.1, -0.05) is 42.1 Å². The van der Waals surface area contributed by atoms with E-state index in [9.17, 15) is 10.1 Å². The number of ether oxygens (including phenoxy) is 4. The minimum absolute atomic E-state index is 0.0709. The third kappa shape index (κ3) is 5.74. The molecule has 214 valence electrons. The summed E-state index contributed by atoms with van der Waals surface area (Å²) in [6.45, 7) is 0.535. The van der Waals surface area contributed by atoms with Crippen LogP contribution in [0.5, 0.6) is 23.0 Å². The van der Waals surface area contributed by atoms with Crippen molar-refractivity contribution in [2.75, 3.05) is 35.0 Å². The van der Waals surface area contributed by atoms with Gasteiger partial charge in [-0.3, -0.25) is 4.79 Å². The summed E-state index contributed by atoms with van der Waals surface area (Å²) in [5, 5.41) is 9.62. The lowest BCUT2D eigenvalue weighted by Crippen LogP contribution is -2.41. The molecule has 1 amide bonds. The lowest BCUT2D eigenvalue weighted by Gasteiger charge is -2.38. The summed E-state index contributed by atoms with van der Waals surface area (Å²) in [4.78, 5) is 18.0. The third-order valence-corrected chi connectivity index (χ3v) is 8.64. The molecule has 1 atom stereocenters. The summed E-state index contributed by atoms with van der Waals surface area (Å²) >= 11 is 1.43. The highest BCUT2D eigenvalue weighted by Gasteiger charge is 2.34. The zero-order chi connectivity index (χ0) is 29.6. The highest BCUT2D eigenvalue weighted by molar-refractivity contribution is 7.99. The molecule has 0 spiro atoms. The van der Waals surface area contributed by atoms with Crippen LogP contribution < -0.4 is 18.9 Å². The Balaban J connectivity index is 1.57. The van der Waals surface area contributed by atoms with Crippen molar-refractivity contribution in [1.29, 1.82) is 5.26 Å².